The molecule has 0 radical (unpaired) electrons. The van der Waals surface area contributed by atoms with Gasteiger partial charge in [0, 0.05) is 10.9 Å². The Morgan fingerprint density at radius 3 is 2.30 bits per heavy atom. The topological polar surface area (TPSA) is 34.1 Å². The quantitative estimate of drug-likeness (QED) is 0.690. The minimum Gasteiger partial charge on any atom is -1.00 e. The van der Waals surface area contributed by atoms with Crippen molar-refractivity contribution in [2.45, 2.75) is 0 Å². The van der Waals surface area contributed by atoms with Crippen LogP contribution in [0, 0.1) is 0 Å². The van der Waals surface area contributed by atoms with E-state index in [0.29, 0.717) is 15.7 Å². The zero-order chi connectivity index (χ0) is 15.5. The first-order chi connectivity index (χ1) is 10.7. The second-order valence-electron chi connectivity index (χ2n) is 4.49. The number of nitrogens with zero attached hydrogens (tertiary/aromatic N) is 1. The number of methoxy groups -OCH3 is 1. The molecule has 0 unspecified atom stereocenters. The number of hydrogen-bond donors (Lipinski definition) is 1. The van der Waals surface area contributed by atoms with E-state index >= 15 is 0 Å². The van der Waals surface area contributed by atoms with E-state index in [9.17, 15) is 0 Å². The number of thiazole rings is 1. The summed E-state index contributed by atoms with van der Waals surface area (Å²) in [5.74, 6) is 0.820. The molecule has 0 atom stereocenters. The van der Waals surface area contributed by atoms with Gasteiger partial charge in [0.05, 0.1) is 28.5 Å². The summed E-state index contributed by atoms with van der Waals surface area (Å²) < 4.78 is 5.16. The highest BCUT2D eigenvalue weighted by molar-refractivity contribution is 7.14. The van der Waals surface area contributed by atoms with Crippen molar-refractivity contribution in [2.24, 2.45) is 0 Å². The van der Waals surface area contributed by atoms with E-state index in [-0.39, 0.29) is 17.0 Å². The third kappa shape index (κ3) is 4.18. The van der Waals surface area contributed by atoms with Gasteiger partial charge < -0.3 is 27.0 Å². The molecule has 0 amide bonds. The van der Waals surface area contributed by atoms with E-state index in [1.165, 1.54) is 11.3 Å². The molecule has 0 aliphatic rings. The molecule has 0 saturated heterocycles. The van der Waals surface area contributed by atoms with Crippen LogP contribution in [0.4, 0.5) is 10.8 Å². The standard InChI is InChI=1S/C16H12Cl2N2OS.BrH/c1-21-11-7-5-10(6-8-11)14-9-22-16(19-14)20-15-12(17)3-2-4-13(15)18;/h2-9H,1H3,(H,19,20);1H/p-1. The van der Waals surface area contributed by atoms with Crippen LogP contribution in [0.1, 0.15) is 0 Å². The van der Waals surface area contributed by atoms with E-state index in [1.54, 1.807) is 25.3 Å². The fourth-order valence-electron chi connectivity index (χ4n) is 1.95. The van der Waals surface area contributed by atoms with Crippen LogP contribution >= 0.6 is 34.5 Å². The summed E-state index contributed by atoms with van der Waals surface area (Å²) in [5.41, 5.74) is 2.58. The number of anilines is 2. The Labute approximate surface area is 159 Å². The van der Waals surface area contributed by atoms with Crippen LogP contribution in [0.15, 0.2) is 47.8 Å². The number of rotatable bonds is 4. The molecule has 0 saturated carbocycles. The van der Waals surface area contributed by atoms with Gasteiger partial charge in [-0.3, -0.25) is 0 Å². The summed E-state index contributed by atoms with van der Waals surface area (Å²) in [4.78, 5) is 4.56. The highest BCUT2D eigenvalue weighted by Crippen LogP contribution is 2.34. The molecular weight excluding hydrogens is 419 g/mol. The van der Waals surface area contributed by atoms with Crippen molar-refractivity contribution < 1.29 is 21.7 Å². The molecule has 0 bridgehead atoms. The van der Waals surface area contributed by atoms with Gasteiger partial charge in [-0.25, -0.2) is 4.98 Å². The van der Waals surface area contributed by atoms with Crippen LogP contribution < -0.4 is 27.0 Å². The van der Waals surface area contributed by atoms with Crippen LogP contribution in [0.3, 0.4) is 0 Å². The van der Waals surface area contributed by atoms with Crippen molar-refractivity contribution in [1.29, 1.82) is 0 Å². The Kier molecular flexibility index (Phi) is 6.30. The summed E-state index contributed by atoms with van der Waals surface area (Å²) in [6.07, 6.45) is 0. The van der Waals surface area contributed by atoms with Crippen molar-refractivity contribution in [2.75, 3.05) is 12.4 Å². The van der Waals surface area contributed by atoms with Crippen molar-refractivity contribution in [1.82, 2.24) is 4.98 Å². The zero-order valence-electron chi connectivity index (χ0n) is 12.0. The number of benzene rings is 2. The third-order valence-electron chi connectivity index (χ3n) is 3.08. The number of halogens is 3. The van der Waals surface area contributed by atoms with Gasteiger partial charge in [-0.15, -0.1) is 11.3 Å². The molecule has 3 aromatic rings. The molecule has 23 heavy (non-hydrogen) atoms. The molecule has 3 nitrogen and oxygen atoms in total. The Morgan fingerprint density at radius 2 is 1.70 bits per heavy atom. The first-order valence-corrected chi connectivity index (χ1v) is 8.12. The lowest BCUT2D eigenvalue weighted by molar-refractivity contribution is -0.00000444. The second-order valence-corrected chi connectivity index (χ2v) is 6.16. The average Bonchev–Trinajstić information content (AvgIpc) is 3.00. The Balaban J connectivity index is 0.00000192. The molecule has 1 aromatic heterocycles. The predicted molar refractivity (Wildman–Crippen MR) is 93.8 cm³/mol. The normalized spacial score (nSPS) is 10.0. The number of hydrogen-bond acceptors (Lipinski definition) is 4. The molecule has 2 aromatic carbocycles. The van der Waals surface area contributed by atoms with Crippen LogP contribution in [-0.2, 0) is 0 Å². The van der Waals surface area contributed by atoms with Crippen molar-refractivity contribution in [3.05, 3.63) is 57.9 Å². The maximum atomic E-state index is 6.15. The first kappa shape index (κ1) is 18.1. The smallest absolute Gasteiger partial charge is 0.187 e. The predicted octanol–water partition coefficient (Wildman–Crippen LogP) is 2.87. The van der Waals surface area contributed by atoms with Gasteiger partial charge >= 0.3 is 0 Å². The van der Waals surface area contributed by atoms with Gasteiger partial charge in [0.25, 0.3) is 0 Å². The lowest BCUT2D eigenvalue weighted by Crippen LogP contribution is -3.00. The summed E-state index contributed by atoms with van der Waals surface area (Å²) in [6.45, 7) is 0. The maximum Gasteiger partial charge on any atom is 0.187 e. The van der Waals surface area contributed by atoms with E-state index in [2.05, 4.69) is 10.3 Å². The molecule has 0 spiro atoms. The number of nitrogens with one attached hydrogen (secondary N) is 1. The summed E-state index contributed by atoms with van der Waals surface area (Å²) in [7, 11) is 1.65. The van der Waals surface area contributed by atoms with E-state index in [1.807, 2.05) is 29.6 Å². The van der Waals surface area contributed by atoms with Gasteiger partial charge in [0.15, 0.2) is 5.13 Å². The molecule has 0 aliphatic carbocycles. The molecule has 3 rings (SSSR count). The lowest BCUT2D eigenvalue weighted by Gasteiger charge is -2.07. The number of aromatic nitrogens is 1. The SMILES string of the molecule is COc1ccc(-c2csc(Nc3c(Cl)cccc3Cl)n2)cc1.[Br-]. The van der Waals surface area contributed by atoms with E-state index in [4.69, 9.17) is 27.9 Å². The number of ether oxygens (including phenoxy) is 1. The monoisotopic (exact) mass is 429 g/mol. The second kappa shape index (κ2) is 8.02. The molecule has 0 aliphatic heterocycles. The minimum absolute atomic E-state index is 0. The molecule has 120 valence electrons. The average molecular weight is 431 g/mol. The molecule has 1 heterocycles. The van der Waals surface area contributed by atoms with Gasteiger partial charge in [-0.05, 0) is 36.4 Å². The summed E-state index contributed by atoms with van der Waals surface area (Å²) in [5, 5.41) is 7.02. The Hall–Kier alpha value is -1.27. The van der Waals surface area contributed by atoms with Crippen LogP contribution in [0.2, 0.25) is 10.0 Å². The summed E-state index contributed by atoms with van der Waals surface area (Å²) >= 11 is 13.8. The van der Waals surface area contributed by atoms with Gasteiger partial charge in [0.1, 0.15) is 5.75 Å². The zero-order valence-corrected chi connectivity index (χ0v) is 15.9. The van der Waals surface area contributed by atoms with Gasteiger partial charge in [-0.2, -0.15) is 0 Å². The van der Waals surface area contributed by atoms with Crippen LogP contribution in [0.25, 0.3) is 11.3 Å². The highest BCUT2D eigenvalue weighted by Gasteiger charge is 2.09. The van der Waals surface area contributed by atoms with Crippen LogP contribution in [-0.4, -0.2) is 12.1 Å². The molecular formula is C16H12BrCl2N2OS-. The fourth-order valence-corrected chi connectivity index (χ4v) is 3.17. The largest absolute Gasteiger partial charge is 1.00 e. The van der Waals surface area contributed by atoms with E-state index in [0.717, 1.165) is 22.1 Å². The molecule has 0 fully saturated rings. The Morgan fingerprint density at radius 1 is 1.04 bits per heavy atom. The van der Waals surface area contributed by atoms with Gasteiger partial charge in [0.2, 0.25) is 0 Å². The number of para-hydroxylation sites is 1. The first-order valence-electron chi connectivity index (χ1n) is 6.48. The highest BCUT2D eigenvalue weighted by atomic mass is 79.9. The van der Waals surface area contributed by atoms with Crippen molar-refractivity contribution in [3.8, 4) is 17.0 Å². The maximum absolute atomic E-state index is 6.15. The van der Waals surface area contributed by atoms with Crippen molar-refractivity contribution >= 4 is 45.4 Å². The minimum atomic E-state index is 0. The third-order valence-corrected chi connectivity index (χ3v) is 4.47. The van der Waals surface area contributed by atoms with E-state index < -0.39 is 0 Å². The molecule has 1 N–H and O–H groups in total. The van der Waals surface area contributed by atoms with Crippen molar-refractivity contribution in [3.63, 3.8) is 0 Å². The van der Waals surface area contributed by atoms with Gasteiger partial charge in [-0.1, -0.05) is 29.3 Å². The summed E-state index contributed by atoms with van der Waals surface area (Å²) in [6, 6.07) is 13.1. The lowest BCUT2D eigenvalue weighted by atomic mass is 10.2. The molecule has 7 heteroatoms. The fraction of sp³-hybridized carbons (Fsp3) is 0.0625. The Bertz CT molecular complexity index is 773. The van der Waals surface area contributed by atoms with Crippen LogP contribution in [0.5, 0.6) is 5.75 Å².